The molecule has 1 heterocycles. The zero-order chi connectivity index (χ0) is 9.68. The summed E-state index contributed by atoms with van der Waals surface area (Å²) in [5.74, 6) is -0.986. The first-order valence-corrected chi connectivity index (χ1v) is 3.77. The summed E-state index contributed by atoms with van der Waals surface area (Å²) in [5, 5.41) is 11.7. The van der Waals surface area contributed by atoms with E-state index in [9.17, 15) is 4.79 Å². The van der Waals surface area contributed by atoms with Crippen molar-refractivity contribution >= 4 is 11.7 Å². The number of hydrogen-bond acceptors (Lipinski definition) is 3. The minimum absolute atomic E-state index is 0.171. The number of hydrogen-bond donors (Lipinski definition) is 2. The number of pyridine rings is 1. The minimum atomic E-state index is -0.986. The van der Waals surface area contributed by atoms with Crippen molar-refractivity contribution in [2.75, 3.05) is 11.9 Å². The quantitative estimate of drug-likeness (QED) is 0.683. The van der Waals surface area contributed by atoms with E-state index in [1.165, 1.54) is 12.4 Å². The number of carbonyl (C=O) groups is 1. The highest BCUT2D eigenvalue weighted by Crippen LogP contribution is 2.12. The van der Waals surface area contributed by atoms with Crippen LogP contribution in [0.4, 0.5) is 5.69 Å². The van der Waals surface area contributed by atoms with E-state index in [2.05, 4.69) is 16.9 Å². The van der Waals surface area contributed by atoms with Gasteiger partial charge in [0, 0.05) is 18.9 Å². The zero-order valence-electron chi connectivity index (χ0n) is 7.03. The van der Waals surface area contributed by atoms with Crippen molar-refractivity contribution in [2.45, 2.75) is 0 Å². The molecule has 0 saturated carbocycles. The van der Waals surface area contributed by atoms with Gasteiger partial charge >= 0.3 is 5.97 Å². The SMILES string of the molecule is C=CCNc1ccncc1C(=O)O. The molecule has 13 heavy (non-hydrogen) atoms. The average molecular weight is 178 g/mol. The number of aromatic nitrogens is 1. The standard InChI is InChI=1S/C9H10N2O2/c1-2-4-11-8-3-5-10-6-7(8)9(12)13/h2-3,5-6H,1,4H2,(H,10,11)(H,12,13). The Balaban J connectivity index is 2.90. The van der Waals surface area contributed by atoms with Crippen LogP contribution in [0, 0.1) is 0 Å². The van der Waals surface area contributed by atoms with E-state index in [4.69, 9.17) is 5.11 Å². The van der Waals surface area contributed by atoms with Crippen molar-refractivity contribution in [3.63, 3.8) is 0 Å². The molecule has 1 rings (SSSR count). The van der Waals surface area contributed by atoms with Crippen LogP contribution < -0.4 is 5.32 Å². The Hall–Kier alpha value is -1.84. The van der Waals surface area contributed by atoms with Crippen molar-refractivity contribution < 1.29 is 9.90 Å². The third-order valence-corrected chi connectivity index (χ3v) is 1.49. The molecule has 0 radical (unpaired) electrons. The lowest BCUT2D eigenvalue weighted by Crippen LogP contribution is -2.06. The van der Waals surface area contributed by atoms with Crippen LogP contribution in [-0.4, -0.2) is 22.6 Å². The number of anilines is 1. The first-order valence-electron chi connectivity index (χ1n) is 3.77. The van der Waals surface area contributed by atoms with E-state index in [0.29, 0.717) is 12.2 Å². The Morgan fingerprint density at radius 1 is 1.77 bits per heavy atom. The maximum absolute atomic E-state index is 10.7. The number of rotatable bonds is 4. The summed E-state index contributed by atoms with van der Waals surface area (Å²) in [6.07, 6.45) is 4.51. The lowest BCUT2D eigenvalue weighted by atomic mass is 10.2. The van der Waals surface area contributed by atoms with Gasteiger partial charge < -0.3 is 10.4 Å². The summed E-state index contributed by atoms with van der Waals surface area (Å²) >= 11 is 0. The minimum Gasteiger partial charge on any atom is -0.478 e. The Kier molecular flexibility index (Phi) is 3.03. The van der Waals surface area contributed by atoms with Crippen molar-refractivity contribution in [3.8, 4) is 0 Å². The van der Waals surface area contributed by atoms with Crippen LogP contribution in [0.15, 0.2) is 31.1 Å². The van der Waals surface area contributed by atoms with Gasteiger partial charge in [-0.1, -0.05) is 6.08 Å². The summed E-state index contributed by atoms with van der Waals surface area (Å²) in [5.41, 5.74) is 0.728. The summed E-state index contributed by atoms with van der Waals surface area (Å²) in [7, 11) is 0. The molecule has 4 heteroatoms. The monoisotopic (exact) mass is 178 g/mol. The molecule has 4 nitrogen and oxygen atoms in total. The van der Waals surface area contributed by atoms with Gasteiger partial charge in [0.1, 0.15) is 5.56 Å². The molecule has 1 aromatic rings. The van der Waals surface area contributed by atoms with Gasteiger partial charge in [-0.25, -0.2) is 4.79 Å². The third-order valence-electron chi connectivity index (χ3n) is 1.49. The van der Waals surface area contributed by atoms with E-state index in [-0.39, 0.29) is 5.56 Å². The van der Waals surface area contributed by atoms with Gasteiger partial charge in [0.25, 0.3) is 0 Å². The van der Waals surface area contributed by atoms with Crippen LogP contribution in [-0.2, 0) is 0 Å². The van der Waals surface area contributed by atoms with E-state index >= 15 is 0 Å². The molecule has 0 aliphatic heterocycles. The number of nitrogens with one attached hydrogen (secondary N) is 1. The molecular weight excluding hydrogens is 168 g/mol. The van der Waals surface area contributed by atoms with Gasteiger partial charge in [-0.05, 0) is 6.07 Å². The number of nitrogens with zero attached hydrogens (tertiary/aromatic N) is 1. The fourth-order valence-corrected chi connectivity index (χ4v) is 0.901. The molecule has 68 valence electrons. The Morgan fingerprint density at radius 2 is 2.54 bits per heavy atom. The molecule has 0 atom stereocenters. The van der Waals surface area contributed by atoms with Crippen LogP contribution in [0.1, 0.15) is 10.4 Å². The molecular formula is C9H10N2O2. The summed E-state index contributed by atoms with van der Waals surface area (Å²) in [6.45, 7) is 4.06. The van der Waals surface area contributed by atoms with Gasteiger partial charge in [-0.2, -0.15) is 0 Å². The number of carboxylic acid groups (broad SMARTS) is 1. The second-order valence-electron chi connectivity index (χ2n) is 2.40. The summed E-state index contributed by atoms with van der Waals surface area (Å²) in [6, 6.07) is 1.62. The highest BCUT2D eigenvalue weighted by molar-refractivity contribution is 5.93. The van der Waals surface area contributed by atoms with Crippen LogP contribution >= 0.6 is 0 Å². The molecule has 0 bridgehead atoms. The van der Waals surface area contributed by atoms with Gasteiger partial charge in [-0.3, -0.25) is 4.98 Å². The predicted molar refractivity (Wildman–Crippen MR) is 49.9 cm³/mol. The molecule has 0 amide bonds. The molecule has 0 spiro atoms. The predicted octanol–water partition coefficient (Wildman–Crippen LogP) is 1.38. The fraction of sp³-hybridized carbons (Fsp3) is 0.111. The van der Waals surface area contributed by atoms with Gasteiger partial charge in [0.2, 0.25) is 0 Å². The molecule has 0 aliphatic rings. The highest BCUT2D eigenvalue weighted by Gasteiger charge is 2.07. The van der Waals surface area contributed by atoms with Gasteiger partial charge in [0.15, 0.2) is 0 Å². The highest BCUT2D eigenvalue weighted by atomic mass is 16.4. The lowest BCUT2D eigenvalue weighted by molar-refractivity contribution is 0.0697. The average Bonchev–Trinajstić information content (AvgIpc) is 2.15. The van der Waals surface area contributed by atoms with E-state index in [1.807, 2.05) is 0 Å². The third kappa shape index (κ3) is 2.30. The number of carboxylic acids is 1. The summed E-state index contributed by atoms with van der Waals surface area (Å²) < 4.78 is 0. The second-order valence-corrected chi connectivity index (χ2v) is 2.40. The van der Waals surface area contributed by atoms with Crippen LogP contribution in [0.2, 0.25) is 0 Å². The fourth-order valence-electron chi connectivity index (χ4n) is 0.901. The first-order chi connectivity index (χ1) is 6.25. The molecule has 0 aliphatic carbocycles. The zero-order valence-corrected chi connectivity index (χ0v) is 7.03. The summed E-state index contributed by atoms with van der Waals surface area (Å²) in [4.78, 5) is 14.4. The first kappa shape index (κ1) is 9.25. The van der Waals surface area contributed by atoms with Crippen molar-refractivity contribution in [2.24, 2.45) is 0 Å². The maximum atomic E-state index is 10.7. The van der Waals surface area contributed by atoms with E-state index in [0.717, 1.165) is 0 Å². The van der Waals surface area contributed by atoms with E-state index in [1.54, 1.807) is 12.1 Å². The Bertz CT molecular complexity index is 323. The lowest BCUT2D eigenvalue weighted by Gasteiger charge is -2.05. The normalized spacial score (nSPS) is 9.23. The molecule has 0 saturated heterocycles. The molecule has 1 aromatic heterocycles. The number of aromatic carboxylic acids is 1. The Labute approximate surface area is 75.9 Å². The topological polar surface area (TPSA) is 62.2 Å². The van der Waals surface area contributed by atoms with E-state index < -0.39 is 5.97 Å². The van der Waals surface area contributed by atoms with Crippen LogP contribution in [0.5, 0.6) is 0 Å². The van der Waals surface area contributed by atoms with Crippen LogP contribution in [0.25, 0.3) is 0 Å². The smallest absolute Gasteiger partial charge is 0.339 e. The van der Waals surface area contributed by atoms with Crippen molar-refractivity contribution in [1.29, 1.82) is 0 Å². The molecule has 0 aromatic carbocycles. The maximum Gasteiger partial charge on any atom is 0.339 e. The van der Waals surface area contributed by atoms with Crippen molar-refractivity contribution in [1.82, 2.24) is 4.98 Å². The van der Waals surface area contributed by atoms with Gasteiger partial charge in [-0.15, -0.1) is 6.58 Å². The largest absolute Gasteiger partial charge is 0.478 e. The second kappa shape index (κ2) is 4.25. The van der Waals surface area contributed by atoms with Crippen LogP contribution in [0.3, 0.4) is 0 Å². The molecule has 0 fully saturated rings. The Morgan fingerprint density at radius 3 is 3.15 bits per heavy atom. The van der Waals surface area contributed by atoms with Crippen molar-refractivity contribution in [3.05, 3.63) is 36.7 Å². The van der Waals surface area contributed by atoms with Gasteiger partial charge in [0.05, 0.1) is 5.69 Å². The molecule has 0 unspecified atom stereocenters. The molecule has 2 N–H and O–H groups in total.